The lowest BCUT2D eigenvalue weighted by molar-refractivity contribution is 0.0496. The molecule has 1 atom stereocenters. The van der Waals surface area contributed by atoms with Crippen molar-refractivity contribution in [3.8, 4) is 0 Å². The number of nitrogens with zero attached hydrogens (tertiary/aromatic N) is 2. The monoisotopic (exact) mass is 283 g/mol. The fraction of sp³-hybridized carbons (Fsp3) is 1.00. The van der Waals surface area contributed by atoms with Gasteiger partial charge in [0.15, 0.2) is 0 Å². The van der Waals surface area contributed by atoms with Crippen LogP contribution in [0.15, 0.2) is 0 Å². The average molecular weight is 283 g/mol. The molecular weight excluding hydrogens is 250 g/mol. The van der Waals surface area contributed by atoms with Crippen LogP contribution in [0.3, 0.4) is 0 Å². The molecule has 0 bridgehead atoms. The summed E-state index contributed by atoms with van der Waals surface area (Å²) in [5.74, 6) is 0. The van der Waals surface area contributed by atoms with E-state index in [-0.39, 0.29) is 0 Å². The predicted octanol–water partition coefficient (Wildman–Crippen LogP) is 1.43. The Morgan fingerprint density at radius 2 is 1.75 bits per heavy atom. The first kappa shape index (κ1) is 16.2. The van der Waals surface area contributed by atoms with Gasteiger partial charge in [0.2, 0.25) is 0 Å². The van der Waals surface area contributed by atoms with Crippen molar-refractivity contribution < 1.29 is 5.11 Å². The van der Waals surface area contributed by atoms with Gasteiger partial charge in [-0.05, 0) is 78.2 Å². The minimum atomic E-state index is -0.674. The van der Waals surface area contributed by atoms with Crippen LogP contribution < -0.4 is 5.73 Å². The number of hydrogen-bond acceptors (Lipinski definition) is 4. The molecule has 20 heavy (non-hydrogen) atoms. The van der Waals surface area contributed by atoms with E-state index in [2.05, 4.69) is 9.80 Å². The van der Waals surface area contributed by atoms with Crippen LogP contribution in [-0.2, 0) is 0 Å². The molecule has 2 fully saturated rings. The van der Waals surface area contributed by atoms with E-state index in [1.807, 2.05) is 6.92 Å². The molecule has 0 aromatic rings. The van der Waals surface area contributed by atoms with Gasteiger partial charge in [0, 0.05) is 12.6 Å². The summed E-state index contributed by atoms with van der Waals surface area (Å²) in [6, 6.07) is 0.832. The highest BCUT2D eigenvalue weighted by atomic mass is 16.3. The number of piperidine rings is 2. The van der Waals surface area contributed by atoms with Crippen LogP contribution in [0.25, 0.3) is 0 Å². The Balaban J connectivity index is 1.61. The van der Waals surface area contributed by atoms with Gasteiger partial charge in [-0.15, -0.1) is 0 Å². The van der Waals surface area contributed by atoms with Gasteiger partial charge in [-0.2, -0.15) is 0 Å². The third-order valence-electron chi connectivity index (χ3n) is 5.09. The lowest BCUT2D eigenvalue weighted by Crippen LogP contribution is -2.47. The standard InChI is InChI=1S/C16H33N3O/c1-16(20,14-17)8-5-9-18-12-6-15(7-13-18)19-10-3-2-4-11-19/h15,20H,2-14,17H2,1H3. The number of hydrogen-bond donors (Lipinski definition) is 2. The summed E-state index contributed by atoms with van der Waals surface area (Å²) in [6.07, 6.45) is 8.74. The molecule has 0 aromatic heterocycles. The number of aliphatic hydroxyl groups is 1. The predicted molar refractivity (Wildman–Crippen MR) is 83.8 cm³/mol. The zero-order chi connectivity index (χ0) is 14.4. The summed E-state index contributed by atoms with van der Waals surface area (Å²) in [4.78, 5) is 5.28. The zero-order valence-electron chi connectivity index (χ0n) is 13.2. The molecule has 2 aliphatic rings. The molecule has 0 radical (unpaired) electrons. The maximum Gasteiger partial charge on any atom is 0.0741 e. The van der Waals surface area contributed by atoms with E-state index in [4.69, 9.17) is 5.73 Å². The second-order valence-electron chi connectivity index (χ2n) is 6.97. The van der Waals surface area contributed by atoms with Crippen molar-refractivity contribution in [1.82, 2.24) is 9.80 Å². The van der Waals surface area contributed by atoms with Crippen LogP contribution >= 0.6 is 0 Å². The summed E-state index contributed by atoms with van der Waals surface area (Å²) >= 11 is 0. The van der Waals surface area contributed by atoms with Crippen LogP contribution in [0.5, 0.6) is 0 Å². The molecule has 1 unspecified atom stereocenters. The first-order valence-corrected chi connectivity index (χ1v) is 8.49. The van der Waals surface area contributed by atoms with Crippen LogP contribution in [-0.4, -0.2) is 65.8 Å². The summed E-state index contributed by atoms with van der Waals surface area (Å²) in [6.45, 7) is 8.43. The Morgan fingerprint density at radius 1 is 1.10 bits per heavy atom. The summed E-state index contributed by atoms with van der Waals surface area (Å²) in [5, 5.41) is 9.91. The summed E-state index contributed by atoms with van der Waals surface area (Å²) in [7, 11) is 0. The SMILES string of the molecule is CC(O)(CN)CCCN1CCC(N2CCCCC2)CC1. The van der Waals surface area contributed by atoms with E-state index in [0.717, 1.165) is 25.4 Å². The molecule has 2 heterocycles. The largest absolute Gasteiger partial charge is 0.389 e. The lowest BCUT2D eigenvalue weighted by Gasteiger charge is -2.40. The van der Waals surface area contributed by atoms with Crippen LogP contribution in [0.4, 0.5) is 0 Å². The van der Waals surface area contributed by atoms with Gasteiger partial charge in [-0.25, -0.2) is 0 Å². The van der Waals surface area contributed by atoms with Crippen molar-refractivity contribution in [2.24, 2.45) is 5.73 Å². The summed E-state index contributed by atoms with van der Waals surface area (Å²) in [5.41, 5.74) is 4.88. The Morgan fingerprint density at radius 3 is 2.35 bits per heavy atom. The molecule has 0 spiro atoms. The highest BCUT2D eigenvalue weighted by molar-refractivity contribution is 4.82. The van der Waals surface area contributed by atoms with E-state index >= 15 is 0 Å². The topological polar surface area (TPSA) is 52.7 Å². The van der Waals surface area contributed by atoms with Gasteiger partial charge in [0.1, 0.15) is 0 Å². The van der Waals surface area contributed by atoms with Gasteiger partial charge in [-0.1, -0.05) is 6.42 Å². The van der Waals surface area contributed by atoms with E-state index < -0.39 is 5.60 Å². The smallest absolute Gasteiger partial charge is 0.0741 e. The fourth-order valence-electron chi connectivity index (χ4n) is 3.58. The molecule has 2 saturated heterocycles. The lowest BCUT2D eigenvalue weighted by atomic mass is 9.98. The van der Waals surface area contributed by atoms with Crippen molar-refractivity contribution >= 4 is 0 Å². The van der Waals surface area contributed by atoms with Crippen molar-refractivity contribution in [3.63, 3.8) is 0 Å². The van der Waals surface area contributed by atoms with E-state index in [9.17, 15) is 5.11 Å². The second kappa shape index (κ2) is 7.74. The molecule has 0 amide bonds. The number of likely N-dealkylation sites (tertiary alicyclic amines) is 2. The van der Waals surface area contributed by atoms with Crippen LogP contribution in [0.1, 0.15) is 51.9 Å². The highest BCUT2D eigenvalue weighted by Crippen LogP contribution is 2.21. The Labute approximate surface area is 124 Å². The van der Waals surface area contributed by atoms with Crippen molar-refractivity contribution in [3.05, 3.63) is 0 Å². The van der Waals surface area contributed by atoms with Gasteiger partial charge in [0.05, 0.1) is 5.60 Å². The van der Waals surface area contributed by atoms with E-state index in [0.29, 0.717) is 6.54 Å². The van der Waals surface area contributed by atoms with Gasteiger partial charge in [-0.3, -0.25) is 0 Å². The molecule has 0 aliphatic carbocycles. The molecule has 3 N–H and O–H groups in total. The number of nitrogens with two attached hydrogens (primary N) is 1. The minimum Gasteiger partial charge on any atom is -0.389 e. The molecule has 2 rings (SSSR count). The third-order valence-corrected chi connectivity index (χ3v) is 5.09. The highest BCUT2D eigenvalue weighted by Gasteiger charge is 2.25. The summed E-state index contributed by atoms with van der Waals surface area (Å²) < 4.78 is 0. The first-order valence-electron chi connectivity index (χ1n) is 8.49. The molecule has 2 aliphatic heterocycles. The average Bonchev–Trinajstić information content (AvgIpc) is 2.49. The van der Waals surface area contributed by atoms with Crippen molar-refractivity contribution in [2.75, 3.05) is 39.3 Å². The molecule has 118 valence electrons. The van der Waals surface area contributed by atoms with Crippen LogP contribution in [0, 0.1) is 0 Å². The molecular formula is C16H33N3O. The van der Waals surface area contributed by atoms with Crippen molar-refractivity contribution in [2.45, 2.75) is 63.5 Å². The van der Waals surface area contributed by atoms with Crippen LogP contribution in [0.2, 0.25) is 0 Å². The number of rotatable bonds is 6. The minimum absolute atomic E-state index is 0.365. The Hall–Kier alpha value is -0.160. The molecule has 0 saturated carbocycles. The Bertz CT molecular complexity index is 269. The first-order chi connectivity index (χ1) is 9.61. The van der Waals surface area contributed by atoms with E-state index in [1.165, 1.54) is 58.3 Å². The van der Waals surface area contributed by atoms with E-state index in [1.54, 1.807) is 0 Å². The third kappa shape index (κ3) is 4.99. The molecule has 4 heteroatoms. The Kier molecular flexibility index (Phi) is 6.27. The maximum atomic E-state index is 9.91. The molecule has 4 nitrogen and oxygen atoms in total. The maximum absolute atomic E-state index is 9.91. The second-order valence-corrected chi connectivity index (χ2v) is 6.97. The van der Waals surface area contributed by atoms with Gasteiger partial charge in [0.25, 0.3) is 0 Å². The molecule has 0 aromatic carbocycles. The zero-order valence-corrected chi connectivity index (χ0v) is 13.2. The van der Waals surface area contributed by atoms with Crippen molar-refractivity contribution in [1.29, 1.82) is 0 Å². The normalized spacial score (nSPS) is 26.6. The van der Waals surface area contributed by atoms with Gasteiger partial charge >= 0.3 is 0 Å². The van der Waals surface area contributed by atoms with Gasteiger partial charge < -0.3 is 20.6 Å². The quantitative estimate of drug-likeness (QED) is 0.774. The fourth-order valence-corrected chi connectivity index (χ4v) is 3.58.